The lowest BCUT2D eigenvalue weighted by atomic mass is 10.1. The fourth-order valence-corrected chi connectivity index (χ4v) is 2.66. The number of hydrogen-bond donors (Lipinski definition) is 2. The molecule has 2 atom stereocenters. The van der Waals surface area contributed by atoms with Crippen LogP contribution >= 0.6 is 11.3 Å². The minimum absolute atomic E-state index is 0.227. The van der Waals surface area contributed by atoms with E-state index in [1.165, 1.54) is 10.6 Å². The third-order valence-corrected chi connectivity index (χ3v) is 4.44. The molecule has 0 aliphatic rings. The third kappa shape index (κ3) is 3.93. The highest BCUT2D eigenvalue weighted by molar-refractivity contribution is 7.09. The van der Waals surface area contributed by atoms with Crippen molar-refractivity contribution in [1.29, 1.82) is 0 Å². The Kier molecular flexibility index (Phi) is 5.19. The van der Waals surface area contributed by atoms with Crippen molar-refractivity contribution in [3.63, 3.8) is 0 Å². The van der Waals surface area contributed by atoms with E-state index >= 15 is 0 Å². The Balaban J connectivity index is 1.92. The first-order chi connectivity index (χ1) is 9.20. The van der Waals surface area contributed by atoms with Gasteiger partial charge < -0.3 is 15.0 Å². The molecule has 2 N–H and O–H groups in total. The molecule has 3 nitrogen and oxygen atoms in total. The largest absolute Gasteiger partial charge is 0.396 e. The Bertz CT molecular complexity index is 478. The van der Waals surface area contributed by atoms with Crippen LogP contribution in [0.5, 0.6) is 0 Å². The van der Waals surface area contributed by atoms with Crippen molar-refractivity contribution < 1.29 is 5.11 Å². The average molecular weight is 278 g/mol. The van der Waals surface area contributed by atoms with Gasteiger partial charge in [0.1, 0.15) is 0 Å². The molecule has 0 saturated carbocycles. The van der Waals surface area contributed by atoms with Gasteiger partial charge in [0, 0.05) is 36.0 Å². The lowest BCUT2D eigenvalue weighted by Crippen LogP contribution is -2.33. The Morgan fingerprint density at radius 3 is 2.84 bits per heavy atom. The van der Waals surface area contributed by atoms with Gasteiger partial charge in [-0.25, -0.2) is 0 Å². The lowest BCUT2D eigenvalue weighted by Gasteiger charge is -2.20. The van der Waals surface area contributed by atoms with Crippen LogP contribution in [0.1, 0.15) is 24.4 Å². The highest BCUT2D eigenvalue weighted by atomic mass is 32.1. The van der Waals surface area contributed by atoms with Crippen LogP contribution in [-0.2, 0) is 13.1 Å². The van der Waals surface area contributed by atoms with Gasteiger partial charge in [-0.1, -0.05) is 13.0 Å². The Morgan fingerprint density at radius 1 is 1.32 bits per heavy atom. The van der Waals surface area contributed by atoms with Crippen LogP contribution in [0.25, 0.3) is 0 Å². The summed E-state index contributed by atoms with van der Waals surface area (Å²) in [5, 5.41) is 14.7. The number of nitrogens with zero attached hydrogens (tertiary/aromatic N) is 1. The van der Waals surface area contributed by atoms with Crippen LogP contribution in [0.2, 0.25) is 0 Å². The van der Waals surface area contributed by atoms with E-state index in [0.29, 0.717) is 6.04 Å². The van der Waals surface area contributed by atoms with Gasteiger partial charge in [-0.05, 0) is 36.4 Å². The van der Waals surface area contributed by atoms with E-state index < -0.39 is 0 Å². The lowest BCUT2D eigenvalue weighted by molar-refractivity contribution is 0.206. The van der Waals surface area contributed by atoms with Gasteiger partial charge in [-0.15, -0.1) is 11.3 Å². The number of aromatic nitrogens is 1. The van der Waals surface area contributed by atoms with Crippen molar-refractivity contribution in [2.24, 2.45) is 5.92 Å². The predicted octanol–water partition coefficient (Wildman–Crippen LogP) is 2.70. The number of rotatable bonds is 7. The van der Waals surface area contributed by atoms with Crippen LogP contribution in [-0.4, -0.2) is 22.3 Å². The standard InChI is InChI=1S/C15H22N2OS/c1-12(11-18)13(2)16-9-14-5-3-7-17(14)10-15-6-4-8-19-15/h3-8,12-13,16,18H,9-11H2,1-2H3. The minimum Gasteiger partial charge on any atom is -0.396 e. The quantitative estimate of drug-likeness (QED) is 0.817. The molecule has 19 heavy (non-hydrogen) atoms. The van der Waals surface area contributed by atoms with Crippen LogP contribution in [0.4, 0.5) is 0 Å². The summed E-state index contributed by atoms with van der Waals surface area (Å²) in [4.78, 5) is 1.37. The summed E-state index contributed by atoms with van der Waals surface area (Å²) in [6.45, 7) is 6.18. The van der Waals surface area contributed by atoms with Crippen LogP contribution in [0, 0.1) is 5.92 Å². The molecule has 0 saturated heterocycles. The van der Waals surface area contributed by atoms with E-state index in [1.54, 1.807) is 11.3 Å². The molecule has 104 valence electrons. The summed E-state index contributed by atoms with van der Waals surface area (Å²) >= 11 is 1.79. The first-order valence-corrected chi connectivity index (χ1v) is 7.59. The molecule has 0 aliphatic heterocycles. The van der Waals surface area contributed by atoms with E-state index in [-0.39, 0.29) is 12.5 Å². The maximum absolute atomic E-state index is 9.14. The van der Waals surface area contributed by atoms with E-state index in [4.69, 9.17) is 5.11 Å². The molecule has 0 radical (unpaired) electrons. The van der Waals surface area contributed by atoms with Gasteiger partial charge in [0.2, 0.25) is 0 Å². The summed E-state index contributed by atoms with van der Waals surface area (Å²) in [5.74, 6) is 0.278. The Morgan fingerprint density at radius 2 is 2.16 bits per heavy atom. The maximum Gasteiger partial charge on any atom is 0.0566 e. The number of aliphatic hydroxyl groups excluding tert-OH is 1. The summed E-state index contributed by atoms with van der Waals surface area (Å²) in [6.07, 6.45) is 2.12. The smallest absolute Gasteiger partial charge is 0.0566 e. The summed E-state index contributed by atoms with van der Waals surface area (Å²) in [5.41, 5.74) is 1.28. The van der Waals surface area contributed by atoms with Gasteiger partial charge in [-0.2, -0.15) is 0 Å². The molecule has 0 amide bonds. The molecule has 0 aromatic carbocycles. The first-order valence-electron chi connectivity index (χ1n) is 6.71. The summed E-state index contributed by atoms with van der Waals surface area (Å²) in [6, 6.07) is 8.81. The fourth-order valence-electron chi connectivity index (χ4n) is 1.96. The van der Waals surface area contributed by atoms with E-state index in [2.05, 4.69) is 59.6 Å². The zero-order valence-electron chi connectivity index (χ0n) is 11.5. The zero-order valence-corrected chi connectivity index (χ0v) is 12.4. The maximum atomic E-state index is 9.14. The molecular weight excluding hydrogens is 256 g/mol. The third-order valence-electron chi connectivity index (χ3n) is 3.58. The van der Waals surface area contributed by atoms with Crippen molar-refractivity contribution in [3.8, 4) is 0 Å². The number of hydrogen-bond acceptors (Lipinski definition) is 3. The molecule has 2 aromatic rings. The summed E-state index contributed by atoms with van der Waals surface area (Å²) < 4.78 is 2.27. The normalized spacial score (nSPS) is 14.5. The van der Waals surface area contributed by atoms with Gasteiger partial charge >= 0.3 is 0 Å². The highest BCUT2D eigenvalue weighted by Crippen LogP contribution is 2.13. The van der Waals surface area contributed by atoms with Crippen molar-refractivity contribution in [2.45, 2.75) is 33.0 Å². The molecule has 2 rings (SSSR count). The second-order valence-corrected chi connectivity index (χ2v) is 6.07. The van der Waals surface area contributed by atoms with Crippen molar-refractivity contribution in [2.75, 3.05) is 6.61 Å². The Hall–Kier alpha value is -1.10. The number of aliphatic hydroxyl groups is 1. The molecular formula is C15H22N2OS. The van der Waals surface area contributed by atoms with Gasteiger partial charge in [0.15, 0.2) is 0 Å². The van der Waals surface area contributed by atoms with Crippen molar-refractivity contribution >= 4 is 11.3 Å². The number of nitrogens with one attached hydrogen (secondary N) is 1. The molecule has 0 aliphatic carbocycles. The average Bonchev–Trinajstić information content (AvgIpc) is 3.07. The number of thiophene rings is 1. The molecule has 2 heterocycles. The van der Waals surface area contributed by atoms with Gasteiger partial charge in [0.25, 0.3) is 0 Å². The molecule has 0 fully saturated rings. The van der Waals surface area contributed by atoms with Crippen molar-refractivity contribution in [1.82, 2.24) is 9.88 Å². The first kappa shape index (κ1) is 14.3. The topological polar surface area (TPSA) is 37.2 Å². The summed E-state index contributed by atoms with van der Waals surface area (Å²) in [7, 11) is 0. The molecule has 0 spiro atoms. The van der Waals surface area contributed by atoms with Crippen molar-refractivity contribution in [3.05, 3.63) is 46.4 Å². The highest BCUT2D eigenvalue weighted by Gasteiger charge is 2.11. The molecule has 4 heteroatoms. The molecule has 2 aromatic heterocycles. The Labute approximate surface area is 118 Å². The second kappa shape index (κ2) is 6.89. The minimum atomic E-state index is 0.227. The predicted molar refractivity (Wildman–Crippen MR) is 80.4 cm³/mol. The molecule has 0 bridgehead atoms. The second-order valence-electron chi connectivity index (χ2n) is 5.04. The van der Waals surface area contributed by atoms with Gasteiger partial charge in [-0.3, -0.25) is 0 Å². The fraction of sp³-hybridized carbons (Fsp3) is 0.467. The van der Waals surface area contributed by atoms with Gasteiger partial charge in [0.05, 0.1) is 6.54 Å². The van der Waals surface area contributed by atoms with E-state index in [0.717, 1.165) is 13.1 Å². The van der Waals surface area contributed by atoms with E-state index in [1.807, 2.05) is 0 Å². The van der Waals surface area contributed by atoms with Crippen LogP contribution in [0.15, 0.2) is 35.8 Å². The SMILES string of the molecule is CC(CO)C(C)NCc1cccn1Cc1cccs1. The molecule has 2 unspecified atom stereocenters. The zero-order chi connectivity index (χ0) is 13.7. The van der Waals surface area contributed by atoms with Crippen LogP contribution in [0.3, 0.4) is 0 Å². The van der Waals surface area contributed by atoms with E-state index in [9.17, 15) is 0 Å². The monoisotopic (exact) mass is 278 g/mol. The van der Waals surface area contributed by atoms with Crippen LogP contribution < -0.4 is 5.32 Å².